The molecule has 0 fully saturated rings. The van der Waals surface area contributed by atoms with Gasteiger partial charge in [-0.05, 0) is 23.8 Å². The second-order valence-electron chi connectivity index (χ2n) is 5.75. The Hall–Kier alpha value is -3.54. The third-order valence-corrected chi connectivity index (χ3v) is 3.98. The Kier molecular flexibility index (Phi) is 4.15. The lowest BCUT2D eigenvalue weighted by molar-refractivity contribution is 0.428. The lowest BCUT2D eigenvalue weighted by Crippen LogP contribution is -2.21. The molecule has 2 heterocycles. The minimum atomic E-state index is -0.321. The molecule has 0 spiro atoms. The topological polar surface area (TPSA) is 60.9 Å². The van der Waals surface area contributed by atoms with Gasteiger partial charge in [0.15, 0.2) is 0 Å². The third kappa shape index (κ3) is 3.17. The second kappa shape index (κ2) is 6.76. The molecule has 0 radical (unpaired) electrons. The molecule has 0 aliphatic rings. The van der Waals surface area contributed by atoms with Crippen LogP contribution in [0.4, 0.5) is 4.39 Å². The van der Waals surface area contributed by atoms with Gasteiger partial charge in [0.05, 0.1) is 6.54 Å². The van der Waals surface area contributed by atoms with Gasteiger partial charge in [-0.15, -0.1) is 0 Å². The summed E-state index contributed by atoms with van der Waals surface area (Å²) in [4.78, 5) is 16.8. The number of hydrogen-bond acceptors (Lipinski definition) is 4. The van der Waals surface area contributed by atoms with Crippen LogP contribution in [0.15, 0.2) is 82.1 Å². The predicted octanol–water partition coefficient (Wildman–Crippen LogP) is 3.75. The molecule has 0 saturated carbocycles. The minimum Gasteiger partial charge on any atom is -0.332 e. The Balaban J connectivity index is 1.73. The van der Waals surface area contributed by atoms with Gasteiger partial charge in [0.1, 0.15) is 11.5 Å². The van der Waals surface area contributed by atoms with E-state index in [0.29, 0.717) is 11.5 Å². The monoisotopic (exact) mass is 347 g/mol. The van der Waals surface area contributed by atoms with E-state index in [1.807, 2.05) is 30.3 Å². The smallest absolute Gasteiger partial charge is 0.274 e. The number of aromatic nitrogens is 3. The van der Waals surface area contributed by atoms with E-state index in [1.165, 1.54) is 22.8 Å². The average Bonchev–Trinajstić information content (AvgIpc) is 3.16. The lowest BCUT2D eigenvalue weighted by Gasteiger charge is -2.09. The van der Waals surface area contributed by atoms with Gasteiger partial charge in [0, 0.05) is 11.6 Å². The number of pyridine rings is 1. The Morgan fingerprint density at radius 2 is 1.69 bits per heavy atom. The van der Waals surface area contributed by atoms with Crippen molar-refractivity contribution in [3.8, 4) is 23.0 Å². The number of nitrogens with zero attached hydrogens (tertiary/aromatic N) is 3. The van der Waals surface area contributed by atoms with Crippen LogP contribution in [0.1, 0.15) is 5.56 Å². The third-order valence-electron chi connectivity index (χ3n) is 3.98. The Labute approximate surface area is 148 Å². The fourth-order valence-corrected chi connectivity index (χ4v) is 2.67. The first-order valence-corrected chi connectivity index (χ1v) is 8.04. The zero-order valence-electron chi connectivity index (χ0n) is 13.7. The van der Waals surface area contributed by atoms with Crippen LogP contribution in [-0.4, -0.2) is 14.7 Å². The van der Waals surface area contributed by atoms with E-state index in [9.17, 15) is 9.18 Å². The van der Waals surface area contributed by atoms with Crippen molar-refractivity contribution in [2.24, 2.45) is 0 Å². The van der Waals surface area contributed by atoms with Crippen molar-refractivity contribution in [1.29, 1.82) is 0 Å². The molecule has 26 heavy (non-hydrogen) atoms. The molecule has 6 heteroatoms. The first-order valence-electron chi connectivity index (χ1n) is 8.04. The molecular formula is C20H14FN3O2. The van der Waals surface area contributed by atoms with Gasteiger partial charge in [-0.3, -0.25) is 9.36 Å². The normalized spacial score (nSPS) is 10.8. The summed E-state index contributed by atoms with van der Waals surface area (Å²) in [5.41, 5.74) is 1.93. The van der Waals surface area contributed by atoms with Crippen molar-refractivity contribution in [1.82, 2.24) is 14.7 Å². The SMILES string of the molecule is O=c1cccc(-c2nc(-c3ccccc3)no2)n1Cc1ccc(F)cc1. The van der Waals surface area contributed by atoms with Crippen LogP contribution in [0.2, 0.25) is 0 Å². The van der Waals surface area contributed by atoms with Crippen LogP contribution in [0.3, 0.4) is 0 Å². The van der Waals surface area contributed by atoms with Crippen molar-refractivity contribution in [3.63, 3.8) is 0 Å². The summed E-state index contributed by atoms with van der Waals surface area (Å²) in [5, 5.41) is 4.00. The molecule has 0 amide bonds. The highest BCUT2D eigenvalue weighted by Gasteiger charge is 2.15. The minimum absolute atomic E-state index is 0.203. The van der Waals surface area contributed by atoms with Crippen LogP contribution in [-0.2, 0) is 6.54 Å². The van der Waals surface area contributed by atoms with Gasteiger partial charge in [-0.25, -0.2) is 4.39 Å². The maximum absolute atomic E-state index is 13.1. The van der Waals surface area contributed by atoms with Gasteiger partial charge in [0.25, 0.3) is 11.4 Å². The zero-order valence-corrected chi connectivity index (χ0v) is 13.7. The molecule has 4 aromatic rings. The number of benzene rings is 2. The average molecular weight is 347 g/mol. The molecule has 2 aromatic carbocycles. The molecule has 2 aromatic heterocycles. The van der Waals surface area contributed by atoms with Crippen LogP contribution in [0.25, 0.3) is 23.0 Å². The van der Waals surface area contributed by atoms with Crippen LogP contribution in [0.5, 0.6) is 0 Å². The van der Waals surface area contributed by atoms with E-state index in [0.717, 1.165) is 11.1 Å². The summed E-state index contributed by atoms with van der Waals surface area (Å²) in [5.74, 6) is 0.382. The number of halogens is 1. The Bertz CT molecular complexity index is 1090. The summed E-state index contributed by atoms with van der Waals surface area (Å²) in [6, 6.07) is 20.3. The highest BCUT2D eigenvalue weighted by molar-refractivity contribution is 5.57. The highest BCUT2D eigenvalue weighted by atomic mass is 19.1. The van der Waals surface area contributed by atoms with Crippen molar-refractivity contribution in [3.05, 3.63) is 94.5 Å². The molecule has 0 N–H and O–H groups in total. The summed E-state index contributed by atoms with van der Waals surface area (Å²) < 4.78 is 20.0. The molecule has 4 rings (SSSR count). The number of rotatable bonds is 4. The summed E-state index contributed by atoms with van der Waals surface area (Å²) >= 11 is 0. The molecule has 0 aliphatic carbocycles. The van der Waals surface area contributed by atoms with Gasteiger partial charge in [-0.2, -0.15) is 4.98 Å². The molecule has 0 saturated heterocycles. The fourth-order valence-electron chi connectivity index (χ4n) is 2.67. The van der Waals surface area contributed by atoms with Crippen LogP contribution in [0, 0.1) is 5.82 Å². The van der Waals surface area contributed by atoms with Crippen LogP contribution < -0.4 is 5.56 Å². The maximum Gasteiger partial charge on any atom is 0.274 e. The van der Waals surface area contributed by atoms with E-state index in [4.69, 9.17) is 4.52 Å². The van der Waals surface area contributed by atoms with Crippen molar-refractivity contribution < 1.29 is 8.91 Å². The fraction of sp³-hybridized carbons (Fsp3) is 0.0500. The summed E-state index contributed by atoms with van der Waals surface area (Å²) in [6.45, 7) is 0.276. The van der Waals surface area contributed by atoms with E-state index in [1.54, 1.807) is 24.3 Å². The quantitative estimate of drug-likeness (QED) is 0.564. The molecular weight excluding hydrogens is 333 g/mol. The standard InChI is InChI=1S/C20H14FN3O2/c21-16-11-9-14(10-12-16)13-24-17(7-4-8-18(24)25)20-22-19(23-26-20)15-5-2-1-3-6-15/h1-12H,13H2. The van der Waals surface area contributed by atoms with E-state index >= 15 is 0 Å². The highest BCUT2D eigenvalue weighted by Crippen LogP contribution is 2.21. The molecule has 0 bridgehead atoms. The van der Waals surface area contributed by atoms with Crippen molar-refractivity contribution in [2.75, 3.05) is 0 Å². The molecule has 0 atom stereocenters. The van der Waals surface area contributed by atoms with E-state index < -0.39 is 0 Å². The Morgan fingerprint density at radius 1 is 0.923 bits per heavy atom. The molecule has 5 nitrogen and oxygen atoms in total. The largest absolute Gasteiger partial charge is 0.332 e. The van der Waals surface area contributed by atoms with Gasteiger partial charge < -0.3 is 4.52 Å². The molecule has 128 valence electrons. The zero-order chi connectivity index (χ0) is 17.9. The van der Waals surface area contributed by atoms with E-state index in [-0.39, 0.29) is 23.8 Å². The predicted molar refractivity (Wildman–Crippen MR) is 94.9 cm³/mol. The van der Waals surface area contributed by atoms with Crippen molar-refractivity contribution in [2.45, 2.75) is 6.54 Å². The molecule has 0 aliphatic heterocycles. The molecule has 0 unspecified atom stereocenters. The first-order chi connectivity index (χ1) is 12.7. The second-order valence-corrected chi connectivity index (χ2v) is 5.75. The van der Waals surface area contributed by atoms with Gasteiger partial charge in [0.2, 0.25) is 5.82 Å². The lowest BCUT2D eigenvalue weighted by atomic mass is 10.2. The van der Waals surface area contributed by atoms with Gasteiger partial charge >= 0.3 is 0 Å². The summed E-state index contributed by atoms with van der Waals surface area (Å²) in [7, 11) is 0. The summed E-state index contributed by atoms with van der Waals surface area (Å²) in [6.07, 6.45) is 0. The van der Waals surface area contributed by atoms with Crippen LogP contribution >= 0.6 is 0 Å². The number of hydrogen-bond donors (Lipinski definition) is 0. The maximum atomic E-state index is 13.1. The first kappa shape index (κ1) is 16.0. The van der Waals surface area contributed by atoms with Gasteiger partial charge in [-0.1, -0.05) is 53.7 Å². The van der Waals surface area contributed by atoms with Crippen molar-refractivity contribution >= 4 is 0 Å². The van der Waals surface area contributed by atoms with E-state index in [2.05, 4.69) is 10.1 Å². The Morgan fingerprint density at radius 3 is 2.46 bits per heavy atom.